The van der Waals surface area contributed by atoms with Crippen molar-refractivity contribution in [1.82, 2.24) is 10.3 Å². The molecular weight excluding hydrogens is 566 g/mol. The number of benzene rings is 3. The smallest absolute Gasteiger partial charge is 0.337 e. The number of rotatable bonds is 14. The Morgan fingerprint density at radius 3 is 2.49 bits per heavy atom. The fraction of sp³-hybridized carbons (Fsp3) is 0.265. The van der Waals surface area contributed by atoms with E-state index in [-0.39, 0.29) is 24.7 Å². The summed E-state index contributed by atoms with van der Waals surface area (Å²) < 4.78 is 11.3. The SMILES string of the molecule is COC(=O)C(CCCCN)NCc1cc(Cl)c(OCc2cccc(-c3ccccc3)c2C)cc1-c1cncc(C(=O)O)c1. The molecule has 0 aliphatic heterocycles. The van der Waals surface area contributed by atoms with Crippen molar-refractivity contribution in [1.29, 1.82) is 0 Å². The molecule has 1 unspecified atom stereocenters. The van der Waals surface area contributed by atoms with Crippen LogP contribution in [0.15, 0.2) is 79.1 Å². The van der Waals surface area contributed by atoms with Crippen LogP contribution in [-0.2, 0) is 22.7 Å². The molecule has 0 radical (unpaired) electrons. The largest absolute Gasteiger partial charge is 0.487 e. The van der Waals surface area contributed by atoms with Gasteiger partial charge in [0.2, 0.25) is 0 Å². The summed E-state index contributed by atoms with van der Waals surface area (Å²) in [6.45, 7) is 3.16. The van der Waals surface area contributed by atoms with Crippen molar-refractivity contribution >= 4 is 23.5 Å². The lowest BCUT2D eigenvalue weighted by atomic mass is 9.97. The summed E-state index contributed by atoms with van der Waals surface area (Å²) in [5.74, 6) is -1.01. The fourth-order valence-electron chi connectivity index (χ4n) is 4.92. The maximum atomic E-state index is 12.4. The Labute approximate surface area is 256 Å². The van der Waals surface area contributed by atoms with Crippen LogP contribution in [-0.4, -0.2) is 41.7 Å². The van der Waals surface area contributed by atoms with E-state index in [0.717, 1.165) is 40.7 Å². The van der Waals surface area contributed by atoms with Gasteiger partial charge in [-0.1, -0.05) is 66.6 Å². The molecule has 4 rings (SSSR count). The zero-order valence-electron chi connectivity index (χ0n) is 24.3. The van der Waals surface area contributed by atoms with Gasteiger partial charge in [-0.3, -0.25) is 9.78 Å². The highest BCUT2D eigenvalue weighted by Crippen LogP contribution is 2.35. The molecule has 1 heterocycles. The van der Waals surface area contributed by atoms with Gasteiger partial charge in [-0.15, -0.1) is 0 Å². The van der Waals surface area contributed by atoms with Crippen molar-refractivity contribution in [3.8, 4) is 28.0 Å². The third-order valence-corrected chi connectivity index (χ3v) is 7.63. The van der Waals surface area contributed by atoms with E-state index in [4.69, 9.17) is 26.8 Å². The third kappa shape index (κ3) is 8.20. The number of carbonyl (C=O) groups is 2. The summed E-state index contributed by atoms with van der Waals surface area (Å²) in [5.41, 5.74) is 12.1. The summed E-state index contributed by atoms with van der Waals surface area (Å²) >= 11 is 6.74. The monoisotopic (exact) mass is 601 g/mol. The molecule has 0 aliphatic carbocycles. The minimum Gasteiger partial charge on any atom is -0.487 e. The molecule has 3 aromatic carbocycles. The fourth-order valence-corrected chi connectivity index (χ4v) is 5.16. The van der Waals surface area contributed by atoms with Gasteiger partial charge in [0.25, 0.3) is 0 Å². The number of nitrogens with two attached hydrogens (primary N) is 1. The van der Waals surface area contributed by atoms with Gasteiger partial charge >= 0.3 is 11.9 Å². The number of carboxylic acids is 1. The second kappa shape index (κ2) is 15.3. The van der Waals surface area contributed by atoms with Crippen molar-refractivity contribution in [2.75, 3.05) is 13.7 Å². The zero-order valence-corrected chi connectivity index (χ0v) is 25.1. The van der Waals surface area contributed by atoms with E-state index in [0.29, 0.717) is 34.9 Å². The van der Waals surface area contributed by atoms with E-state index in [1.165, 1.54) is 13.3 Å². The van der Waals surface area contributed by atoms with Crippen LogP contribution in [0.4, 0.5) is 0 Å². The van der Waals surface area contributed by atoms with Gasteiger partial charge in [0.1, 0.15) is 18.4 Å². The normalized spacial score (nSPS) is 11.6. The van der Waals surface area contributed by atoms with Crippen molar-refractivity contribution in [2.24, 2.45) is 5.73 Å². The molecule has 9 heteroatoms. The molecule has 1 atom stereocenters. The van der Waals surface area contributed by atoms with Crippen LogP contribution < -0.4 is 15.8 Å². The van der Waals surface area contributed by atoms with Crippen LogP contribution in [0.1, 0.15) is 46.3 Å². The molecule has 1 aromatic heterocycles. The number of methoxy groups -OCH3 is 1. The van der Waals surface area contributed by atoms with Crippen molar-refractivity contribution in [3.63, 3.8) is 0 Å². The number of aromatic carboxylic acids is 1. The average molecular weight is 602 g/mol. The van der Waals surface area contributed by atoms with Crippen LogP contribution >= 0.6 is 11.6 Å². The highest BCUT2D eigenvalue weighted by atomic mass is 35.5. The number of carbonyl (C=O) groups excluding carboxylic acids is 1. The topological polar surface area (TPSA) is 124 Å². The molecule has 0 saturated heterocycles. The van der Waals surface area contributed by atoms with Crippen LogP contribution in [0.2, 0.25) is 5.02 Å². The number of unbranched alkanes of at least 4 members (excludes halogenated alkanes) is 1. The first kappa shape index (κ1) is 31.7. The highest BCUT2D eigenvalue weighted by Gasteiger charge is 2.20. The molecule has 4 aromatic rings. The second-order valence-corrected chi connectivity index (χ2v) is 10.6. The highest BCUT2D eigenvalue weighted by molar-refractivity contribution is 6.32. The number of esters is 1. The summed E-state index contributed by atoms with van der Waals surface area (Å²) in [4.78, 5) is 28.3. The molecular formula is C34H36ClN3O5. The Bertz CT molecular complexity index is 1560. The molecule has 0 aliphatic rings. The Kier molecular flexibility index (Phi) is 11.3. The summed E-state index contributed by atoms with van der Waals surface area (Å²) in [7, 11) is 1.36. The first-order valence-electron chi connectivity index (χ1n) is 14.1. The number of nitrogens with zero attached hydrogens (tertiary/aromatic N) is 1. The molecule has 4 N–H and O–H groups in total. The minimum absolute atomic E-state index is 0.0522. The number of hydrogen-bond acceptors (Lipinski definition) is 7. The summed E-state index contributed by atoms with van der Waals surface area (Å²) in [5, 5.41) is 13.2. The molecule has 0 bridgehead atoms. The van der Waals surface area contributed by atoms with Crippen molar-refractivity contribution in [2.45, 2.75) is 45.4 Å². The number of carboxylic acid groups (broad SMARTS) is 1. The van der Waals surface area contributed by atoms with Crippen LogP contribution in [0.5, 0.6) is 5.75 Å². The van der Waals surface area contributed by atoms with E-state index in [1.807, 2.05) is 30.3 Å². The van der Waals surface area contributed by atoms with E-state index in [2.05, 4.69) is 35.4 Å². The van der Waals surface area contributed by atoms with Gasteiger partial charge in [-0.25, -0.2) is 4.79 Å². The average Bonchev–Trinajstić information content (AvgIpc) is 3.02. The lowest BCUT2D eigenvalue weighted by Gasteiger charge is -2.20. The van der Waals surface area contributed by atoms with Gasteiger partial charge in [0.05, 0.1) is 17.7 Å². The van der Waals surface area contributed by atoms with Crippen LogP contribution in [0.3, 0.4) is 0 Å². The van der Waals surface area contributed by atoms with E-state index in [1.54, 1.807) is 24.4 Å². The number of halogens is 1. The summed E-state index contributed by atoms with van der Waals surface area (Å²) in [6.07, 6.45) is 5.00. The lowest BCUT2D eigenvalue weighted by molar-refractivity contribution is -0.143. The Morgan fingerprint density at radius 1 is 0.977 bits per heavy atom. The first-order valence-corrected chi connectivity index (χ1v) is 14.5. The summed E-state index contributed by atoms with van der Waals surface area (Å²) in [6, 6.07) is 20.8. The standard InChI is InChI=1S/C34H36ClN3O5/c1-22-24(11-8-12-28(22)23-9-4-3-5-10-23)21-43-32-17-29(25-15-27(33(39)40)19-37-18-25)26(16-30(32)35)20-38-31(34(41)42-2)13-6-7-14-36/h3-5,8-12,15-19,31,38H,6-7,13-14,20-21,36H2,1-2H3,(H,39,40). The van der Waals surface area contributed by atoms with E-state index < -0.39 is 12.0 Å². The van der Waals surface area contributed by atoms with E-state index in [9.17, 15) is 14.7 Å². The maximum Gasteiger partial charge on any atom is 0.337 e. The Hall–Kier alpha value is -4.24. The molecule has 43 heavy (non-hydrogen) atoms. The number of nitrogens with one attached hydrogen (secondary N) is 1. The van der Waals surface area contributed by atoms with Crippen LogP contribution in [0.25, 0.3) is 22.3 Å². The third-order valence-electron chi connectivity index (χ3n) is 7.34. The Morgan fingerprint density at radius 2 is 1.77 bits per heavy atom. The quantitative estimate of drug-likeness (QED) is 0.112. The molecule has 0 spiro atoms. The lowest BCUT2D eigenvalue weighted by Crippen LogP contribution is -2.37. The van der Waals surface area contributed by atoms with Gasteiger partial charge in [-0.2, -0.15) is 0 Å². The first-order chi connectivity index (χ1) is 20.8. The molecule has 0 saturated carbocycles. The second-order valence-electron chi connectivity index (χ2n) is 10.2. The molecule has 8 nitrogen and oxygen atoms in total. The predicted octanol–water partition coefficient (Wildman–Crippen LogP) is 6.41. The number of ether oxygens (including phenoxy) is 2. The van der Waals surface area contributed by atoms with Gasteiger partial charge in [-0.05, 0) is 77.9 Å². The van der Waals surface area contributed by atoms with Gasteiger partial charge in [0.15, 0.2) is 0 Å². The van der Waals surface area contributed by atoms with Crippen LogP contribution in [0, 0.1) is 6.92 Å². The molecule has 224 valence electrons. The number of pyridine rings is 1. The number of hydrogen-bond donors (Lipinski definition) is 3. The number of aromatic nitrogens is 1. The van der Waals surface area contributed by atoms with E-state index >= 15 is 0 Å². The molecule has 0 fully saturated rings. The zero-order chi connectivity index (χ0) is 30.8. The Balaban J connectivity index is 1.65. The van der Waals surface area contributed by atoms with Gasteiger partial charge in [0, 0.05) is 24.5 Å². The minimum atomic E-state index is -1.08. The van der Waals surface area contributed by atoms with Crippen molar-refractivity contribution < 1.29 is 24.2 Å². The maximum absolute atomic E-state index is 12.4. The molecule has 0 amide bonds. The predicted molar refractivity (Wildman–Crippen MR) is 168 cm³/mol. The van der Waals surface area contributed by atoms with Crippen molar-refractivity contribution in [3.05, 3.63) is 106 Å². The van der Waals surface area contributed by atoms with Gasteiger partial charge < -0.3 is 25.6 Å².